The van der Waals surface area contributed by atoms with E-state index in [0.717, 1.165) is 17.9 Å². The third-order valence-electron chi connectivity index (χ3n) is 3.73. The molecule has 2 N–H and O–H groups in total. The molecule has 0 aliphatic heterocycles. The topological polar surface area (TPSA) is 62.7 Å². The second-order valence-corrected chi connectivity index (χ2v) is 5.94. The summed E-state index contributed by atoms with van der Waals surface area (Å²) in [7, 11) is 0. The van der Waals surface area contributed by atoms with Gasteiger partial charge in [0.15, 0.2) is 5.82 Å². The minimum Gasteiger partial charge on any atom is -0.366 e. The maximum atomic E-state index is 4.50. The van der Waals surface area contributed by atoms with Crippen LogP contribution in [-0.2, 0) is 0 Å². The Morgan fingerprint density at radius 3 is 2.64 bits per heavy atom. The highest BCUT2D eigenvalue weighted by atomic mass is 15.3. The van der Waals surface area contributed by atoms with Crippen molar-refractivity contribution in [1.29, 1.82) is 0 Å². The molecule has 0 saturated heterocycles. The Bertz CT molecular complexity index is 624. The standard InChI is InChI=1S/C17H25N5/c1-6-13(5)19-15-10-18-22-17(20-15)21-16-12(4)8-7-9-14(16)11(2)3/h7-11,13H,6H2,1-5H3,(H2,19,20,21,22). The van der Waals surface area contributed by atoms with Crippen LogP contribution in [0, 0.1) is 6.92 Å². The van der Waals surface area contributed by atoms with Crippen LogP contribution in [-0.4, -0.2) is 21.2 Å². The molecule has 5 nitrogen and oxygen atoms in total. The summed E-state index contributed by atoms with van der Waals surface area (Å²) in [5.74, 6) is 1.69. The van der Waals surface area contributed by atoms with Crippen molar-refractivity contribution in [2.75, 3.05) is 10.6 Å². The highest BCUT2D eigenvalue weighted by molar-refractivity contribution is 5.64. The minimum absolute atomic E-state index is 0.356. The molecule has 0 amide bonds. The summed E-state index contributed by atoms with van der Waals surface area (Å²) in [5, 5.41) is 14.8. The quantitative estimate of drug-likeness (QED) is 0.834. The summed E-state index contributed by atoms with van der Waals surface area (Å²) in [5.41, 5.74) is 3.50. The zero-order chi connectivity index (χ0) is 16.1. The SMILES string of the molecule is CCC(C)Nc1cnnc(Nc2c(C)cccc2C(C)C)n1. The molecule has 1 aromatic carbocycles. The molecule has 2 aromatic rings. The Labute approximate surface area is 132 Å². The lowest BCUT2D eigenvalue weighted by atomic mass is 9.98. The molecule has 0 bridgehead atoms. The van der Waals surface area contributed by atoms with Gasteiger partial charge in [0.2, 0.25) is 5.95 Å². The Morgan fingerprint density at radius 2 is 1.95 bits per heavy atom. The van der Waals surface area contributed by atoms with E-state index in [-0.39, 0.29) is 0 Å². The fourth-order valence-electron chi connectivity index (χ4n) is 2.23. The molecule has 0 radical (unpaired) electrons. The summed E-state index contributed by atoms with van der Waals surface area (Å²) in [4.78, 5) is 4.50. The summed E-state index contributed by atoms with van der Waals surface area (Å²) in [6, 6.07) is 6.65. The Morgan fingerprint density at radius 1 is 1.18 bits per heavy atom. The number of para-hydroxylation sites is 1. The van der Waals surface area contributed by atoms with Crippen molar-refractivity contribution in [3.8, 4) is 0 Å². The number of anilines is 3. The molecule has 1 atom stereocenters. The molecule has 1 aromatic heterocycles. The molecule has 0 spiro atoms. The number of hydrogen-bond acceptors (Lipinski definition) is 5. The Kier molecular flexibility index (Phi) is 5.31. The van der Waals surface area contributed by atoms with Gasteiger partial charge in [0.05, 0.1) is 6.20 Å². The predicted molar refractivity (Wildman–Crippen MR) is 91.8 cm³/mol. The van der Waals surface area contributed by atoms with Gasteiger partial charge >= 0.3 is 0 Å². The molecule has 1 unspecified atom stereocenters. The van der Waals surface area contributed by atoms with Crippen molar-refractivity contribution in [3.05, 3.63) is 35.5 Å². The van der Waals surface area contributed by atoms with E-state index in [1.54, 1.807) is 6.20 Å². The fraction of sp³-hybridized carbons (Fsp3) is 0.471. The number of aromatic nitrogens is 3. The van der Waals surface area contributed by atoms with Crippen LogP contribution in [0.4, 0.5) is 17.5 Å². The largest absolute Gasteiger partial charge is 0.366 e. The second kappa shape index (κ2) is 7.20. The molecule has 0 aliphatic carbocycles. The first-order valence-corrected chi connectivity index (χ1v) is 7.84. The van der Waals surface area contributed by atoms with Crippen LogP contribution in [0.5, 0.6) is 0 Å². The van der Waals surface area contributed by atoms with Gasteiger partial charge in [-0.15, -0.1) is 5.10 Å². The molecule has 22 heavy (non-hydrogen) atoms. The predicted octanol–water partition coefficient (Wildman–Crippen LogP) is 4.26. The van der Waals surface area contributed by atoms with Crippen molar-refractivity contribution in [3.63, 3.8) is 0 Å². The molecule has 0 saturated carbocycles. The van der Waals surface area contributed by atoms with Crippen LogP contribution >= 0.6 is 0 Å². The molecule has 118 valence electrons. The van der Waals surface area contributed by atoms with Gasteiger partial charge in [-0.25, -0.2) is 0 Å². The number of benzene rings is 1. The molecule has 0 aliphatic rings. The third-order valence-corrected chi connectivity index (χ3v) is 3.73. The Balaban J connectivity index is 2.26. The van der Waals surface area contributed by atoms with E-state index in [4.69, 9.17) is 0 Å². The zero-order valence-electron chi connectivity index (χ0n) is 14.0. The zero-order valence-corrected chi connectivity index (χ0v) is 14.0. The van der Waals surface area contributed by atoms with E-state index in [9.17, 15) is 0 Å². The lowest BCUT2D eigenvalue weighted by Crippen LogP contribution is -2.15. The van der Waals surface area contributed by atoms with E-state index in [0.29, 0.717) is 17.9 Å². The van der Waals surface area contributed by atoms with E-state index >= 15 is 0 Å². The smallest absolute Gasteiger partial charge is 0.249 e. The van der Waals surface area contributed by atoms with E-state index in [1.807, 2.05) is 0 Å². The van der Waals surface area contributed by atoms with Crippen LogP contribution in [0.2, 0.25) is 0 Å². The highest BCUT2D eigenvalue weighted by Crippen LogP contribution is 2.29. The van der Waals surface area contributed by atoms with Crippen molar-refractivity contribution >= 4 is 17.5 Å². The van der Waals surface area contributed by atoms with Gasteiger partial charge in [-0.05, 0) is 37.3 Å². The van der Waals surface area contributed by atoms with Gasteiger partial charge in [0.25, 0.3) is 0 Å². The van der Waals surface area contributed by atoms with Gasteiger partial charge < -0.3 is 10.6 Å². The monoisotopic (exact) mass is 299 g/mol. The number of hydrogen-bond donors (Lipinski definition) is 2. The van der Waals surface area contributed by atoms with Gasteiger partial charge in [-0.2, -0.15) is 10.1 Å². The normalized spacial score (nSPS) is 12.3. The van der Waals surface area contributed by atoms with Gasteiger partial charge in [-0.1, -0.05) is 39.0 Å². The van der Waals surface area contributed by atoms with Crippen molar-refractivity contribution < 1.29 is 0 Å². The molecule has 0 fully saturated rings. The maximum absolute atomic E-state index is 4.50. The molecular weight excluding hydrogens is 274 g/mol. The fourth-order valence-corrected chi connectivity index (χ4v) is 2.23. The second-order valence-electron chi connectivity index (χ2n) is 5.94. The minimum atomic E-state index is 0.356. The van der Waals surface area contributed by atoms with Gasteiger partial charge in [0.1, 0.15) is 0 Å². The van der Waals surface area contributed by atoms with Crippen LogP contribution in [0.25, 0.3) is 0 Å². The lowest BCUT2D eigenvalue weighted by molar-refractivity contribution is 0.755. The molecule has 1 heterocycles. The average Bonchev–Trinajstić information content (AvgIpc) is 2.49. The average molecular weight is 299 g/mol. The lowest BCUT2D eigenvalue weighted by Gasteiger charge is -2.17. The number of rotatable bonds is 6. The van der Waals surface area contributed by atoms with Crippen molar-refractivity contribution in [1.82, 2.24) is 15.2 Å². The summed E-state index contributed by atoms with van der Waals surface area (Å²) < 4.78 is 0. The highest BCUT2D eigenvalue weighted by Gasteiger charge is 2.11. The van der Waals surface area contributed by atoms with Crippen molar-refractivity contribution in [2.45, 2.75) is 53.0 Å². The van der Waals surface area contributed by atoms with Crippen LogP contribution < -0.4 is 10.6 Å². The van der Waals surface area contributed by atoms with E-state index in [2.05, 4.69) is 78.6 Å². The van der Waals surface area contributed by atoms with E-state index in [1.165, 1.54) is 11.1 Å². The molecular formula is C17H25N5. The number of aryl methyl sites for hydroxylation is 1. The first-order chi connectivity index (χ1) is 10.5. The van der Waals surface area contributed by atoms with Crippen LogP contribution in [0.3, 0.4) is 0 Å². The molecule has 2 rings (SSSR count). The van der Waals surface area contributed by atoms with E-state index < -0.39 is 0 Å². The van der Waals surface area contributed by atoms with Gasteiger partial charge in [0, 0.05) is 11.7 Å². The first-order valence-electron chi connectivity index (χ1n) is 7.84. The Hall–Kier alpha value is -2.17. The summed E-state index contributed by atoms with van der Waals surface area (Å²) in [6.45, 7) is 10.7. The first kappa shape index (κ1) is 16.2. The molecule has 5 heteroatoms. The number of nitrogens with one attached hydrogen (secondary N) is 2. The maximum Gasteiger partial charge on any atom is 0.249 e. The number of nitrogens with zero attached hydrogens (tertiary/aromatic N) is 3. The third kappa shape index (κ3) is 3.93. The van der Waals surface area contributed by atoms with Crippen molar-refractivity contribution in [2.24, 2.45) is 0 Å². The summed E-state index contributed by atoms with van der Waals surface area (Å²) >= 11 is 0. The van der Waals surface area contributed by atoms with Crippen LogP contribution in [0.1, 0.15) is 51.2 Å². The van der Waals surface area contributed by atoms with Crippen LogP contribution in [0.15, 0.2) is 24.4 Å². The summed E-state index contributed by atoms with van der Waals surface area (Å²) in [6.07, 6.45) is 2.68. The van der Waals surface area contributed by atoms with Gasteiger partial charge in [-0.3, -0.25) is 0 Å².